The summed E-state index contributed by atoms with van der Waals surface area (Å²) in [5.41, 5.74) is 5.95. The molecule has 76 valence electrons. The van der Waals surface area contributed by atoms with Crippen molar-refractivity contribution < 1.29 is 9.90 Å². The fraction of sp³-hybridized carbons (Fsp3) is 0.100. The number of allylic oxidation sites excluding steroid dienone is 1. The van der Waals surface area contributed by atoms with Gasteiger partial charge in [0.1, 0.15) is 11.4 Å². The first-order valence-corrected chi connectivity index (χ1v) is 4.17. The molecule has 3 N–H and O–H groups in total. The second-order valence-corrected chi connectivity index (χ2v) is 2.77. The smallest absolute Gasteiger partial charge is 0.339 e. The molecule has 5 heteroatoms. The number of hydrogen-bond donors (Lipinski definition) is 2. The van der Waals surface area contributed by atoms with Crippen molar-refractivity contribution in [3.8, 4) is 6.07 Å². The second-order valence-electron chi connectivity index (χ2n) is 2.77. The Bertz CT molecular complexity index is 446. The molecule has 0 aromatic carbocycles. The van der Waals surface area contributed by atoms with Crippen LogP contribution in [-0.2, 0) is 0 Å². The van der Waals surface area contributed by atoms with Crippen molar-refractivity contribution >= 4 is 17.9 Å². The van der Waals surface area contributed by atoms with Gasteiger partial charge in [0.2, 0.25) is 0 Å². The lowest BCUT2D eigenvalue weighted by atomic mass is 10.1. The average molecular weight is 203 g/mol. The molecule has 0 saturated heterocycles. The predicted molar refractivity (Wildman–Crippen MR) is 54.9 cm³/mol. The van der Waals surface area contributed by atoms with Gasteiger partial charge in [-0.1, -0.05) is 12.2 Å². The molecule has 0 aliphatic heterocycles. The summed E-state index contributed by atoms with van der Waals surface area (Å²) in [6, 6.07) is 3.35. The van der Waals surface area contributed by atoms with Gasteiger partial charge in [0.25, 0.3) is 0 Å². The lowest BCUT2D eigenvalue weighted by molar-refractivity contribution is 0.0697. The topological polar surface area (TPSA) is 100 Å². The summed E-state index contributed by atoms with van der Waals surface area (Å²) < 4.78 is 0. The second kappa shape index (κ2) is 4.77. The van der Waals surface area contributed by atoms with Crippen LogP contribution in [-0.4, -0.2) is 16.1 Å². The van der Waals surface area contributed by atoms with Crippen molar-refractivity contribution in [2.75, 3.05) is 5.73 Å². The summed E-state index contributed by atoms with van der Waals surface area (Å²) in [6.07, 6.45) is 4.98. The van der Waals surface area contributed by atoms with E-state index in [9.17, 15) is 4.79 Å². The van der Waals surface area contributed by atoms with Crippen LogP contribution in [0.15, 0.2) is 18.3 Å². The van der Waals surface area contributed by atoms with Crippen LogP contribution in [0.5, 0.6) is 0 Å². The minimum absolute atomic E-state index is 0.0140. The van der Waals surface area contributed by atoms with E-state index in [1.165, 1.54) is 12.3 Å². The molecule has 0 saturated carbocycles. The van der Waals surface area contributed by atoms with Gasteiger partial charge >= 0.3 is 5.97 Å². The summed E-state index contributed by atoms with van der Waals surface area (Å²) >= 11 is 0. The molecule has 0 atom stereocenters. The Morgan fingerprint density at radius 1 is 1.73 bits per heavy atom. The van der Waals surface area contributed by atoms with Gasteiger partial charge in [-0.15, -0.1) is 0 Å². The molecule has 15 heavy (non-hydrogen) atoms. The number of rotatable bonds is 3. The number of nitrogen functional groups attached to an aromatic ring is 1. The van der Waals surface area contributed by atoms with Gasteiger partial charge in [-0.05, 0) is 11.6 Å². The van der Waals surface area contributed by atoms with Crippen LogP contribution in [0.1, 0.15) is 22.3 Å². The first-order valence-electron chi connectivity index (χ1n) is 4.17. The van der Waals surface area contributed by atoms with Crippen LogP contribution in [0.4, 0.5) is 5.82 Å². The van der Waals surface area contributed by atoms with Crippen molar-refractivity contribution in [2.45, 2.75) is 6.42 Å². The van der Waals surface area contributed by atoms with Crippen molar-refractivity contribution in [3.05, 3.63) is 29.5 Å². The molecular formula is C10H9N3O2. The SMILES string of the molecule is N#CCC=Cc1cnc(N)c(C(=O)O)c1. The van der Waals surface area contributed by atoms with Crippen molar-refractivity contribution in [3.63, 3.8) is 0 Å². The molecule has 1 heterocycles. The van der Waals surface area contributed by atoms with E-state index >= 15 is 0 Å². The summed E-state index contributed by atoms with van der Waals surface area (Å²) in [5, 5.41) is 17.1. The highest BCUT2D eigenvalue weighted by molar-refractivity contribution is 5.93. The molecule has 1 aromatic heterocycles. The maximum atomic E-state index is 10.7. The zero-order valence-corrected chi connectivity index (χ0v) is 7.84. The first kappa shape index (κ1) is 10.7. The fourth-order valence-electron chi connectivity index (χ4n) is 1.00. The number of aromatic carboxylic acids is 1. The Morgan fingerprint density at radius 2 is 2.47 bits per heavy atom. The average Bonchev–Trinajstić information content (AvgIpc) is 2.20. The first-order chi connectivity index (χ1) is 7.15. The van der Waals surface area contributed by atoms with E-state index in [2.05, 4.69) is 4.98 Å². The van der Waals surface area contributed by atoms with Crippen molar-refractivity contribution in [1.29, 1.82) is 5.26 Å². The quantitative estimate of drug-likeness (QED) is 0.770. The molecule has 0 aliphatic carbocycles. The zero-order chi connectivity index (χ0) is 11.3. The number of carboxylic acids is 1. The molecule has 0 fully saturated rings. The van der Waals surface area contributed by atoms with Gasteiger partial charge < -0.3 is 10.8 Å². The number of pyridine rings is 1. The molecule has 0 amide bonds. The lowest BCUT2D eigenvalue weighted by Gasteiger charge is -2.00. The number of aromatic nitrogens is 1. The van der Waals surface area contributed by atoms with Crippen LogP contribution >= 0.6 is 0 Å². The van der Waals surface area contributed by atoms with Crippen molar-refractivity contribution in [1.82, 2.24) is 4.98 Å². The molecule has 0 unspecified atom stereocenters. The third kappa shape index (κ3) is 2.81. The van der Waals surface area contributed by atoms with Crippen LogP contribution < -0.4 is 5.73 Å². The van der Waals surface area contributed by atoms with Crippen LogP contribution in [0, 0.1) is 11.3 Å². The zero-order valence-electron chi connectivity index (χ0n) is 7.84. The molecule has 5 nitrogen and oxygen atoms in total. The summed E-state index contributed by atoms with van der Waals surface area (Å²) in [7, 11) is 0. The van der Waals surface area contributed by atoms with E-state index in [0.717, 1.165) is 0 Å². The number of carbonyl (C=O) groups is 1. The largest absolute Gasteiger partial charge is 0.478 e. The minimum atomic E-state index is -1.12. The number of nitriles is 1. The predicted octanol–water partition coefficient (Wildman–Crippen LogP) is 1.29. The third-order valence-corrected chi connectivity index (χ3v) is 1.69. The standard InChI is InChI=1S/C10H9N3O2/c11-4-2-1-3-7-5-8(10(14)15)9(12)13-6-7/h1,3,5-6H,2H2,(H2,12,13)(H,14,15). The minimum Gasteiger partial charge on any atom is -0.478 e. The number of carboxylic acid groups (broad SMARTS) is 1. The summed E-state index contributed by atoms with van der Waals surface area (Å²) in [6.45, 7) is 0. The molecule has 0 radical (unpaired) electrons. The molecule has 1 aromatic rings. The normalized spacial score (nSPS) is 10.1. The maximum absolute atomic E-state index is 10.7. The third-order valence-electron chi connectivity index (χ3n) is 1.69. The lowest BCUT2D eigenvalue weighted by Crippen LogP contribution is -2.04. The van der Waals surface area contributed by atoms with E-state index in [1.807, 2.05) is 6.07 Å². The monoisotopic (exact) mass is 203 g/mol. The molecule has 1 rings (SSSR count). The highest BCUT2D eigenvalue weighted by atomic mass is 16.4. The molecule has 0 aliphatic rings. The Kier molecular flexibility index (Phi) is 3.41. The van der Waals surface area contributed by atoms with E-state index in [4.69, 9.17) is 16.1 Å². The van der Waals surface area contributed by atoms with Gasteiger partial charge in [-0.3, -0.25) is 0 Å². The van der Waals surface area contributed by atoms with E-state index in [1.54, 1.807) is 12.2 Å². The highest BCUT2D eigenvalue weighted by Gasteiger charge is 2.08. The van der Waals surface area contributed by atoms with E-state index in [0.29, 0.717) is 5.56 Å². The van der Waals surface area contributed by atoms with Crippen LogP contribution in [0.3, 0.4) is 0 Å². The van der Waals surface area contributed by atoms with Gasteiger partial charge in [0, 0.05) is 6.20 Å². The highest BCUT2D eigenvalue weighted by Crippen LogP contribution is 2.12. The number of nitrogens with zero attached hydrogens (tertiary/aromatic N) is 2. The number of nitrogens with two attached hydrogens (primary N) is 1. The molecule has 0 bridgehead atoms. The number of hydrogen-bond acceptors (Lipinski definition) is 4. The maximum Gasteiger partial charge on any atom is 0.339 e. The van der Waals surface area contributed by atoms with E-state index < -0.39 is 5.97 Å². The van der Waals surface area contributed by atoms with Crippen LogP contribution in [0.2, 0.25) is 0 Å². The Labute approximate surface area is 86.5 Å². The van der Waals surface area contributed by atoms with E-state index in [-0.39, 0.29) is 17.8 Å². The fourth-order valence-corrected chi connectivity index (χ4v) is 1.00. The van der Waals surface area contributed by atoms with Gasteiger partial charge in [-0.25, -0.2) is 9.78 Å². The van der Waals surface area contributed by atoms with Gasteiger partial charge in [0.15, 0.2) is 0 Å². The molecular weight excluding hydrogens is 194 g/mol. The van der Waals surface area contributed by atoms with Crippen LogP contribution in [0.25, 0.3) is 6.08 Å². The number of anilines is 1. The Morgan fingerprint density at radius 3 is 3.07 bits per heavy atom. The van der Waals surface area contributed by atoms with Gasteiger partial charge in [-0.2, -0.15) is 5.26 Å². The molecule has 0 spiro atoms. The van der Waals surface area contributed by atoms with Gasteiger partial charge in [0.05, 0.1) is 12.5 Å². The Hall–Kier alpha value is -2.35. The van der Waals surface area contributed by atoms with Crippen molar-refractivity contribution in [2.24, 2.45) is 0 Å². The summed E-state index contributed by atoms with van der Waals surface area (Å²) in [5.74, 6) is -1.13. The Balaban J connectivity index is 2.98. The summed E-state index contributed by atoms with van der Waals surface area (Å²) in [4.78, 5) is 14.4.